The molecule has 0 spiro atoms. The van der Waals surface area contributed by atoms with E-state index in [2.05, 4.69) is 23.0 Å². The molecular weight excluding hydrogens is 215 g/mol. The molecule has 0 bridgehead atoms. The van der Waals surface area contributed by atoms with Gasteiger partial charge >= 0.3 is 0 Å². The van der Waals surface area contributed by atoms with Crippen LogP contribution in [0.1, 0.15) is 18.4 Å². The number of hydrogen-bond acceptors (Lipinski definition) is 2. The molecule has 0 N–H and O–H groups in total. The maximum absolute atomic E-state index is 12.9. The SMILES string of the molecule is CN1C=C(c2ccc(F)cc2)N(CC2CC2)C1. The summed E-state index contributed by atoms with van der Waals surface area (Å²) >= 11 is 0. The highest BCUT2D eigenvalue weighted by Crippen LogP contribution is 2.34. The minimum Gasteiger partial charge on any atom is -0.361 e. The van der Waals surface area contributed by atoms with Gasteiger partial charge in [0.25, 0.3) is 0 Å². The Kier molecular flexibility index (Phi) is 2.54. The molecule has 3 rings (SSSR count). The van der Waals surface area contributed by atoms with Crippen LogP contribution in [0.25, 0.3) is 5.70 Å². The van der Waals surface area contributed by atoms with Crippen LogP contribution in [0.2, 0.25) is 0 Å². The lowest BCUT2D eigenvalue weighted by molar-refractivity contribution is 0.297. The molecule has 1 fully saturated rings. The van der Waals surface area contributed by atoms with Crippen molar-refractivity contribution in [1.29, 1.82) is 0 Å². The van der Waals surface area contributed by atoms with E-state index in [0.29, 0.717) is 0 Å². The highest BCUT2D eigenvalue weighted by molar-refractivity contribution is 5.65. The molecule has 0 amide bonds. The summed E-state index contributed by atoms with van der Waals surface area (Å²) in [6, 6.07) is 6.79. The van der Waals surface area contributed by atoms with Crippen LogP contribution in [-0.4, -0.2) is 30.1 Å². The lowest BCUT2D eigenvalue weighted by Crippen LogP contribution is -2.26. The molecule has 2 nitrogen and oxygen atoms in total. The van der Waals surface area contributed by atoms with E-state index in [1.54, 1.807) is 0 Å². The molecule has 0 radical (unpaired) electrons. The quantitative estimate of drug-likeness (QED) is 0.790. The van der Waals surface area contributed by atoms with Gasteiger partial charge < -0.3 is 9.80 Å². The first kappa shape index (κ1) is 10.6. The molecular formula is C14H17FN2. The first-order valence-electron chi connectivity index (χ1n) is 6.15. The van der Waals surface area contributed by atoms with E-state index in [9.17, 15) is 4.39 Å². The summed E-state index contributed by atoms with van der Waals surface area (Å²) in [4.78, 5) is 4.58. The zero-order valence-corrected chi connectivity index (χ0v) is 10.1. The standard InChI is InChI=1S/C14H17FN2/c1-16-9-14(12-4-6-13(15)7-5-12)17(10-16)8-11-2-3-11/h4-7,9,11H,2-3,8,10H2,1H3. The van der Waals surface area contributed by atoms with E-state index in [-0.39, 0.29) is 5.82 Å². The van der Waals surface area contributed by atoms with Crippen molar-refractivity contribution < 1.29 is 4.39 Å². The van der Waals surface area contributed by atoms with Gasteiger partial charge in [-0.05, 0) is 48.6 Å². The fourth-order valence-electron chi connectivity index (χ4n) is 2.32. The molecule has 17 heavy (non-hydrogen) atoms. The molecule has 2 aliphatic rings. The van der Waals surface area contributed by atoms with Crippen LogP contribution in [0, 0.1) is 11.7 Å². The van der Waals surface area contributed by atoms with Crippen molar-refractivity contribution in [2.45, 2.75) is 12.8 Å². The van der Waals surface area contributed by atoms with Gasteiger partial charge in [-0.25, -0.2) is 4.39 Å². The molecule has 1 aliphatic carbocycles. The summed E-state index contributed by atoms with van der Waals surface area (Å²) in [6.07, 6.45) is 4.86. The minimum atomic E-state index is -0.172. The molecule has 0 aromatic heterocycles. The number of nitrogens with zero attached hydrogens (tertiary/aromatic N) is 2. The topological polar surface area (TPSA) is 6.48 Å². The van der Waals surface area contributed by atoms with Crippen LogP contribution < -0.4 is 0 Å². The second-order valence-corrected chi connectivity index (χ2v) is 5.09. The van der Waals surface area contributed by atoms with Crippen LogP contribution >= 0.6 is 0 Å². The average molecular weight is 232 g/mol. The summed E-state index contributed by atoms with van der Waals surface area (Å²) in [5.74, 6) is 0.694. The smallest absolute Gasteiger partial charge is 0.123 e. The van der Waals surface area contributed by atoms with Crippen molar-refractivity contribution in [2.75, 3.05) is 20.3 Å². The monoisotopic (exact) mass is 232 g/mol. The predicted molar refractivity (Wildman–Crippen MR) is 66.4 cm³/mol. The predicted octanol–water partition coefficient (Wildman–Crippen LogP) is 2.74. The van der Waals surface area contributed by atoms with Crippen LogP contribution in [0.3, 0.4) is 0 Å². The maximum Gasteiger partial charge on any atom is 0.123 e. The fraction of sp³-hybridized carbons (Fsp3) is 0.429. The molecule has 0 unspecified atom stereocenters. The average Bonchev–Trinajstić information content (AvgIpc) is 3.03. The van der Waals surface area contributed by atoms with Crippen LogP contribution in [0.15, 0.2) is 30.5 Å². The molecule has 0 atom stereocenters. The van der Waals surface area contributed by atoms with Crippen LogP contribution in [0.5, 0.6) is 0 Å². The Morgan fingerprint density at radius 1 is 1.24 bits per heavy atom. The van der Waals surface area contributed by atoms with Gasteiger partial charge in [0.1, 0.15) is 5.82 Å². The van der Waals surface area contributed by atoms with E-state index in [4.69, 9.17) is 0 Å². The van der Waals surface area contributed by atoms with E-state index < -0.39 is 0 Å². The Bertz CT molecular complexity index is 434. The first-order valence-corrected chi connectivity index (χ1v) is 6.15. The van der Waals surface area contributed by atoms with Gasteiger partial charge in [0.05, 0.1) is 12.4 Å². The highest BCUT2D eigenvalue weighted by atomic mass is 19.1. The molecule has 1 aliphatic heterocycles. The zero-order valence-electron chi connectivity index (χ0n) is 10.1. The van der Waals surface area contributed by atoms with Gasteiger partial charge in [-0.15, -0.1) is 0 Å². The number of hydrogen-bond donors (Lipinski definition) is 0. The van der Waals surface area contributed by atoms with E-state index in [0.717, 1.165) is 24.7 Å². The second kappa shape index (κ2) is 4.06. The van der Waals surface area contributed by atoms with Crippen molar-refractivity contribution in [1.82, 2.24) is 9.80 Å². The number of benzene rings is 1. The number of halogens is 1. The van der Waals surface area contributed by atoms with Gasteiger partial charge in [-0.1, -0.05) is 0 Å². The summed E-state index contributed by atoms with van der Waals surface area (Å²) in [5, 5.41) is 0. The Labute approximate surface area is 101 Å². The molecule has 1 heterocycles. The molecule has 3 heteroatoms. The van der Waals surface area contributed by atoms with Crippen molar-refractivity contribution in [3.63, 3.8) is 0 Å². The molecule has 0 saturated heterocycles. The van der Waals surface area contributed by atoms with Gasteiger partial charge in [0.2, 0.25) is 0 Å². The summed E-state index contributed by atoms with van der Waals surface area (Å²) in [7, 11) is 2.08. The Morgan fingerprint density at radius 3 is 2.59 bits per heavy atom. The second-order valence-electron chi connectivity index (χ2n) is 5.09. The van der Waals surface area contributed by atoms with Crippen molar-refractivity contribution in [3.05, 3.63) is 41.8 Å². The fourth-order valence-corrected chi connectivity index (χ4v) is 2.32. The van der Waals surface area contributed by atoms with E-state index >= 15 is 0 Å². The Hall–Kier alpha value is -1.51. The van der Waals surface area contributed by atoms with Crippen molar-refractivity contribution in [2.24, 2.45) is 5.92 Å². The van der Waals surface area contributed by atoms with Crippen molar-refractivity contribution >= 4 is 5.70 Å². The first-order chi connectivity index (χ1) is 8.22. The summed E-state index contributed by atoms with van der Waals surface area (Å²) in [6.45, 7) is 2.08. The largest absolute Gasteiger partial charge is 0.361 e. The van der Waals surface area contributed by atoms with Crippen molar-refractivity contribution in [3.8, 4) is 0 Å². The summed E-state index contributed by atoms with van der Waals surface area (Å²) in [5.41, 5.74) is 2.33. The number of rotatable bonds is 3. The zero-order chi connectivity index (χ0) is 11.8. The van der Waals surface area contributed by atoms with Gasteiger partial charge in [-0.2, -0.15) is 0 Å². The maximum atomic E-state index is 12.9. The Morgan fingerprint density at radius 2 is 1.94 bits per heavy atom. The molecule has 1 aromatic carbocycles. The lowest BCUT2D eigenvalue weighted by Gasteiger charge is -2.22. The third-order valence-corrected chi connectivity index (χ3v) is 3.39. The summed E-state index contributed by atoms with van der Waals surface area (Å²) < 4.78 is 12.9. The molecule has 1 saturated carbocycles. The highest BCUT2D eigenvalue weighted by Gasteiger charge is 2.28. The van der Waals surface area contributed by atoms with Gasteiger partial charge in [0, 0.05) is 19.8 Å². The minimum absolute atomic E-state index is 0.172. The third-order valence-electron chi connectivity index (χ3n) is 3.39. The normalized spacial score (nSPS) is 19.8. The lowest BCUT2D eigenvalue weighted by atomic mass is 10.1. The van der Waals surface area contributed by atoms with Gasteiger partial charge in [-0.3, -0.25) is 0 Å². The molecule has 1 aromatic rings. The van der Waals surface area contributed by atoms with E-state index in [1.165, 1.54) is 30.7 Å². The third kappa shape index (κ3) is 2.28. The molecule has 90 valence electrons. The van der Waals surface area contributed by atoms with Crippen LogP contribution in [-0.2, 0) is 0 Å². The van der Waals surface area contributed by atoms with E-state index in [1.807, 2.05) is 12.1 Å². The Balaban J connectivity index is 1.82. The van der Waals surface area contributed by atoms with Crippen LogP contribution in [0.4, 0.5) is 4.39 Å². The van der Waals surface area contributed by atoms with Gasteiger partial charge in [0.15, 0.2) is 0 Å².